The Morgan fingerprint density at radius 3 is 2.29 bits per heavy atom. The van der Waals surface area contributed by atoms with Crippen molar-refractivity contribution in [1.82, 2.24) is 0 Å². The molecule has 2 aromatic rings. The summed E-state index contributed by atoms with van der Waals surface area (Å²) in [7, 11) is 0. The number of benzene rings is 2. The van der Waals surface area contributed by atoms with Crippen LogP contribution in [-0.2, 0) is 5.41 Å². The molecule has 0 spiro atoms. The van der Waals surface area contributed by atoms with Crippen LogP contribution in [0.3, 0.4) is 0 Å². The van der Waals surface area contributed by atoms with Crippen LogP contribution in [0.5, 0.6) is 11.5 Å². The molecule has 2 nitrogen and oxygen atoms in total. The van der Waals surface area contributed by atoms with Crippen LogP contribution in [0.15, 0.2) is 42.5 Å². The van der Waals surface area contributed by atoms with Crippen molar-refractivity contribution in [3.05, 3.63) is 59.2 Å². The monoisotopic (exact) mass is 283 g/mol. The Hall–Kier alpha value is -1.80. The molecule has 21 heavy (non-hydrogen) atoms. The number of para-hydroxylation sites is 1. The van der Waals surface area contributed by atoms with Gasteiger partial charge in [-0.1, -0.05) is 56.7 Å². The van der Waals surface area contributed by atoms with Crippen LogP contribution < -0.4 is 10.5 Å². The van der Waals surface area contributed by atoms with E-state index in [1.807, 2.05) is 37.3 Å². The Bertz CT molecular complexity index is 624. The second kappa shape index (κ2) is 5.90. The summed E-state index contributed by atoms with van der Waals surface area (Å²) < 4.78 is 6.20. The van der Waals surface area contributed by atoms with Crippen molar-refractivity contribution >= 4 is 0 Å². The zero-order chi connectivity index (χ0) is 15.6. The van der Waals surface area contributed by atoms with Crippen molar-refractivity contribution in [3.63, 3.8) is 0 Å². The van der Waals surface area contributed by atoms with E-state index < -0.39 is 0 Å². The minimum atomic E-state index is -0.0512. The summed E-state index contributed by atoms with van der Waals surface area (Å²) in [6.07, 6.45) is 0. The molecule has 1 atom stereocenters. The Kier molecular flexibility index (Phi) is 4.38. The topological polar surface area (TPSA) is 35.2 Å². The predicted molar refractivity (Wildman–Crippen MR) is 89.0 cm³/mol. The lowest BCUT2D eigenvalue weighted by molar-refractivity contribution is 0.447. The van der Waals surface area contributed by atoms with E-state index in [1.54, 1.807) is 0 Å². The van der Waals surface area contributed by atoms with Crippen LogP contribution in [0.25, 0.3) is 0 Å². The third-order valence-electron chi connectivity index (χ3n) is 3.57. The van der Waals surface area contributed by atoms with Gasteiger partial charge in [0.05, 0.1) is 0 Å². The summed E-state index contributed by atoms with van der Waals surface area (Å²) in [6.45, 7) is 10.7. The molecule has 2 aromatic carbocycles. The quantitative estimate of drug-likeness (QED) is 0.850. The van der Waals surface area contributed by atoms with Gasteiger partial charge in [0.25, 0.3) is 0 Å². The predicted octanol–water partition coefficient (Wildman–Crippen LogP) is 5.10. The Morgan fingerprint density at radius 2 is 1.67 bits per heavy atom. The van der Waals surface area contributed by atoms with Gasteiger partial charge in [0.15, 0.2) is 0 Å². The van der Waals surface area contributed by atoms with E-state index >= 15 is 0 Å². The number of rotatable bonds is 3. The van der Waals surface area contributed by atoms with Gasteiger partial charge in [-0.15, -0.1) is 0 Å². The fourth-order valence-corrected chi connectivity index (χ4v) is 2.39. The van der Waals surface area contributed by atoms with E-state index in [4.69, 9.17) is 10.5 Å². The average Bonchev–Trinajstić information content (AvgIpc) is 2.40. The lowest BCUT2D eigenvalue weighted by Gasteiger charge is -2.24. The van der Waals surface area contributed by atoms with Gasteiger partial charge in [0, 0.05) is 17.2 Å². The molecule has 2 N–H and O–H groups in total. The first-order chi connectivity index (χ1) is 9.79. The zero-order valence-corrected chi connectivity index (χ0v) is 13.6. The highest BCUT2D eigenvalue weighted by atomic mass is 16.5. The zero-order valence-electron chi connectivity index (χ0n) is 13.6. The molecule has 0 aromatic heterocycles. The lowest BCUT2D eigenvalue weighted by Crippen LogP contribution is -2.13. The number of hydrogen-bond acceptors (Lipinski definition) is 2. The Balaban J connectivity index is 2.46. The smallest absolute Gasteiger partial charge is 0.132 e. The van der Waals surface area contributed by atoms with Crippen LogP contribution in [-0.4, -0.2) is 0 Å². The Morgan fingerprint density at radius 1 is 1.00 bits per heavy atom. The maximum atomic E-state index is 6.20. The molecule has 2 rings (SSSR count). The first-order valence-electron chi connectivity index (χ1n) is 7.42. The molecule has 0 fully saturated rings. The largest absolute Gasteiger partial charge is 0.457 e. The second-order valence-electron chi connectivity index (χ2n) is 6.68. The van der Waals surface area contributed by atoms with Gasteiger partial charge in [-0.3, -0.25) is 0 Å². The third kappa shape index (κ3) is 3.64. The molecule has 0 saturated heterocycles. The highest BCUT2D eigenvalue weighted by Gasteiger charge is 2.20. The fraction of sp³-hybridized carbons (Fsp3) is 0.368. The van der Waals surface area contributed by atoms with Crippen molar-refractivity contribution in [1.29, 1.82) is 0 Å². The van der Waals surface area contributed by atoms with Gasteiger partial charge in [-0.25, -0.2) is 0 Å². The molecule has 0 radical (unpaired) electrons. The second-order valence-corrected chi connectivity index (χ2v) is 6.68. The van der Waals surface area contributed by atoms with Crippen LogP contribution >= 0.6 is 0 Å². The normalized spacial score (nSPS) is 13.0. The van der Waals surface area contributed by atoms with Crippen LogP contribution in [0.1, 0.15) is 50.4 Å². The first-order valence-corrected chi connectivity index (χ1v) is 7.42. The van der Waals surface area contributed by atoms with E-state index in [0.717, 1.165) is 17.1 Å². The van der Waals surface area contributed by atoms with Gasteiger partial charge in [0.2, 0.25) is 0 Å². The third-order valence-corrected chi connectivity index (χ3v) is 3.57. The number of ether oxygens (including phenoxy) is 1. The summed E-state index contributed by atoms with van der Waals surface area (Å²) in [6, 6.07) is 14.2. The van der Waals surface area contributed by atoms with Crippen molar-refractivity contribution in [3.8, 4) is 11.5 Å². The van der Waals surface area contributed by atoms with Gasteiger partial charge in [0.1, 0.15) is 11.5 Å². The number of hydrogen-bond donors (Lipinski definition) is 1. The fourth-order valence-electron chi connectivity index (χ4n) is 2.39. The average molecular weight is 283 g/mol. The molecule has 0 aliphatic carbocycles. The van der Waals surface area contributed by atoms with Crippen molar-refractivity contribution in [2.45, 2.75) is 46.1 Å². The maximum Gasteiger partial charge on any atom is 0.132 e. The summed E-state index contributed by atoms with van der Waals surface area (Å²) in [5.74, 6) is 1.74. The van der Waals surface area contributed by atoms with E-state index in [1.165, 1.54) is 11.1 Å². The van der Waals surface area contributed by atoms with Crippen LogP contribution in [0, 0.1) is 6.92 Å². The molecular formula is C19H25NO. The lowest BCUT2D eigenvalue weighted by atomic mass is 9.85. The molecule has 0 aliphatic rings. The number of nitrogens with two attached hydrogens (primary N) is 1. The first kappa shape index (κ1) is 15.6. The molecule has 0 amide bonds. The summed E-state index contributed by atoms with van der Waals surface area (Å²) >= 11 is 0. The minimum Gasteiger partial charge on any atom is -0.457 e. The summed E-state index contributed by atoms with van der Waals surface area (Å²) in [5.41, 5.74) is 9.55. The highest BCUT2D eigenvalue weighted by Crippen LogP contribution is 2.36. The van der Waals surface area contributed by atoms with E-state index in [2.05, 4.69) is 39.8 Å². The Labute approximate surface area is 127 Å². The molecule has 0 unspecified atom stereocenters. The molecular weight excluding hydrogens is 258 g/mol. The van der Waals surface area contributed by atoms with E-state index in [9.17, 15) is 0 Å². The van der Waals surface area contributed by atoms with Gasteiger partial charge < -0.3 is 10.5 Å². The molecule has 2 heteroatoms. The van der Waals surface area contributed by atoms with Crippen molar-refractivity contribution in [2.24, 2.45) is 5.73 Å². The van der Waals surface area contributed by atoms with Gasteiger partial charge in [-0.05, 0) is 31.4 Å². The highest BCUT2D eigenvalue weighted by molar-refractivity contribution is 5.46. The molecule has 112 valence electrons. The molecule has 0 aliphatic heterocycles. The van der Waals surface area contributed by atoms with Gasteiger partial charge >= 0.3 is 0 Å². The standard InChI is InChI=1S/C19H25NO/c1-13-10-11-18(16(12-13)19(3,4)5)21-17-9-7-6-8-15(17)14(2)20/h6-12,14H,20H2,1-5H3/t14-/m0/s1. The van der Waals surface area contributed by atoms with Gasteiger partial charge in [-0.2, -0.15) is 0 Å². The molecule has 0 bridgehead atoms. The summed E-state index contributed by atoms with van der Waals surface area (Å²) in [4.78, 5) is 0. The van der Waals surface area contributed by atoms with Crippen LogP contribution in [0.4, 0.5) is 0 Å². The number of aryl methyl sites for hydroxylation is 1. The SMILES string of the molecule is Cc1ccc(Oc2ccccc2[C@H](C)N)c(C(C)(C)C)c1. The molecule has 0 heterocycles. The molecule has 0 saturated carbocycles. The maximum absolute atomic E-state index is 6.20. The van der Waals surface area contributed by atoms with Crippen molar-refractivity contribution < 1.29 is 4.74 Å². The van der Waals surface area contributed by atoms with E-state index in [0.29, 0.717) is 0 Å². The van der Waals surface area contributed by atoms with Crippen molar-refractivity contribution in [2.75, 3.05) is 0 Å². The van der Waals surface area contributed by atoms with E-state index in [-0.39, 0.29) is 11.5 Å². The summed E-state index contributed by atoms with van der Waals surface area (Å²) in [5, 5.41) is 0. The minimum absolute atomic E-state index is 0.0324. The van der Waals surface area contributed by atoms with Crippen LogP contribution in [0.2, 0.25) is 0 Å².